The number of carbonyl (C=O) groups is 1. The van der Waals surface area contributed by atoms with Gasteiger partial charge in [0.1, 0.15) is 11.6 Å². The third-order valence-corrected chi connectivity index (χ3v) is 3.79. The van der Waals surface area contributed by atoms with Crippen molar-refractivity contribution < 1.29 is 13.6 Å². The third kappa shape index (κ3) is 2.95. The Morgan fingerprint density at radius 3 is 2.48 bits per heavy atom. The molecule has 6 heteroatoms. The van der Waals surface area contributed by atoms with Gasteiger partial charge in [-0.25, -0.2) is 13.8 Å². The molecule has 0 aromatic heterocycles. The van der Waals surface area contributed by atoms with Crippen LogP contribution in [0.5, 0.6) is 0 Å². The minimum Gasteiger partial charge on any atom is -0.273 e. The second-order valence-corrected chi connectivity index (χ2v) is 5.31. The molecule has 0 aliphatic carbocycles. The highest BCUT2D eigenvalue weighted by molar-refractivity contribution is 8.15. The van der Waals surface area contributed by atoms with E-state index in [0.717, 1.165) is 0 Å². The van der Waals surface area contributed by atoms with Crippen molar-refractivity contribution in [2.45, 2.75) is 0 Å². The minimum absolute atomic E-state index is 0.180. The summed E-state index contributed by atoms with van der Waals surface area (Å²) in [5.74, 6) is -0.781. The number of amidine groups is 1. The number of halogens is 2. The largest absolute Gasteiger partial charge is 0.273 e. The number of thioether (sulfide) groups is 1. The first kappa shape index (κ1) is 13.8. The molecule has 0 spiro atoms. The van der Waals surface area contributed by atoms with E-state index >= 15 is 0 Å². The van der Waals surface area contributed by atoms with Crippen molar-refractivity contribution in [3.8, 4) is 0 Å². The fourth-order valence-corrected chi connectivity index (χ4v) is 2.86. The standard InChI is InChI=1S/C15H10F2N2OS/c16-10-3-1-5-12(7-10)18-15-19(14(20)9-21-15)13-6-2-4-11(17)8-13/h1-8H,9H2. The summed E-state index contributed by atoms with van der Waals surface area (Å²) in [4.78, 5) is 17.6. The molecule has 0 N–H and O–H groups in total. The average molecular weight is 304 g/mol. The van der Waals surface area contributed by atoms with Crippen LogP contribution < -0.4 is 4.90 Å². The molecule has 2 aromatic carbocycles. The zero-order valence-corrected chi connectivity index (χ0v) is 11.6. The lowest BCUT2D eigenvalue weighted by Gasteiger charge is -2.16. The summed E-state index contributed by atoms with van der Waals surface area (Å²) in [6.07, 6.45) is 0. The Balaban J connectivity index is 2.00. The molecule has 1 aliphatic heterocycles. The van der Waals surface area contributed by atoms with Gasteiger partial charge in [0.05, 0.1) is 17.1 Å². The topological polar surface area (TPSA) is 32.7 Å². The summed E-state index contributed by atoms with van der Waals surface area (Å²) in [6, 6.07) is 11.5. The first-order valence-corrected chi connectivity index (χ1v) is 7.17. The lowest BCUT2D eigenvalue weighted by molar-refractivity contribution is -0.115. The van der Waals surface area contributed by atoms with Crippen molar-refractivity contribution in [1.82, 2.24) is 0 Å². The van der Waals surface area contributed by atoms with Crippen LogP contribution in [0.1, 0.15) is 0 Å². The van der Waals surface area contributed by atoms with Crippen molar-refractivity contribution in [2.24, 2.45) is 4.99 Å². The predicted octanol–water partition coefficient (Wildman–Crippen LogP) is 3.73. The molecule has 0 radical (unpaired) electrons. The van der Waals surface area contributed by atoms with Crippen molar-refractivity contribution in [1.29, 1.82) is 0 Å². The number of benzene rings is 2. The minimum atomic E-state index is -0.428. The molecule has 1 heterocycles. The monoisotopic (exact) mass is 304 g/mol. The van der Waals surface area contributed by atoms with Gasteiger partial charge in [0, 0.05) is 0 Å². The molecule has 1 amide bonds. The number of nitrogens with zero attached hydrogens (tertiary/aromatic N) is 2. The second-order valence-electron chi connectivity index (χ2n) is 4.37. The zero-order valence-electron chi connectivity index (χ0n) is 10.8. The summed E-state index contributed by atoms with van der Waals surface area (Å²) >= 11 is 1.24. The van der Waals surface area contributed by atoms with Gasteiger partial charge in [0.15, 0.2) is 5.17 Å². The molecule has 3 nitrogen and oxygen atoms in total. The van der Waals surface area contributed by atoms with Gasteiger partial charge in [-0.1, -0.05) is 23.9 Å². The lowest BCUT2D eigenvalue weighted by atomic mass is 10.3. The maximum absolute atomic E-state index is 13.3. The average Bonchev–Trinajstić information content (AvgIpc) is 2.80. The van der Waals surface area contributed by atoms with Crippen LogP contribution in [0.3, 0.4) is 0 Å². The van der Waals surface area contributed by atoms with E-state index in [2.05, 4.69) is 4.99 Å². The van der Waals surface area contributed by atoms with E-state index in [1.54, 1.807) is 18.2 Å². The molecule has 1 saturated heterocycles. The summed E-state index contributed by atoms with van der Waals surface area (Å²) in [5.41, 5.74) is 0.828. The van der Waals surface area contributed by atoms with Crippen molar-refractivity contribution in [2.75, 3.05) is 10.7 Å². The van der Waals surface area contributed by atoms with Crippen LogP contribution in [0.4, 0.5) is 20.2 Å². The summed E-state index contributed by atoms with van der Waals surface area (Å²) in [5, 5.41) is 0.413. The molecule has 0 unspecified atom stereocenters. The van der Waals surface area contributed by atoms with E-state index in [9.17, 15) is 13.6 Å². The van der Waals surface area contributed by atoms with Gasteiger partial charge >= 0.3 is 0 Å². The lowest BCUT2D eigenvalue weighted by Crippen LogP contribution is -2.29. The van der Waals surface area contributed by atoms with Crippen molar-refractivity contribution >= 4 is 34.2 Å². The molecule has 1 aliphatic rings. The Morgan fingerprint density at radius 2 is 1.76 bits per heavy atom. The Hall–Kier alpha value is -2.21. The molecule has 0 atom stereocenters. The van der Waals surface area contributed by atoms with Crippen LogP contribution >= 0.6 is 11.8 Å². The smallest absolute Gasteiger partial charge is 0.243 e. The zero-order chi connectivity index (χ0) is 14.8. The summed E-state index contributed by atoms with van der Waals surface area (Å²) in [6.45, 7) is 0. The van der Waals surface area contributed by atoms with Gasteiger partial charge in [0.2, 0.25) is 5.91 Å². The van der Waals surface area contributed by atoms with Crippen LogP contribution in [0.2, 0.25) is 0 Å². The van der Waals surface area contributed by atoms with Crippen LogP contribution in [0.25, 0.3) is 0 Å². The fourth-order valence-electron chi connectivity index (χ4n) is 1.97. The maximum atomic E-state index is 13.3. The molecule has 21 heavy (non-hydrogen) atoms. The van der Waals surface area contributed by atoms with E-state index in [1.165, 1.54) is 47.0 Å². The molecule has 3 rings (SSSR count). The van der Waals surface area contributed by atoms with E-state index in [1.807, 2.05) is 0 Å². The predicted molar refractivity (Wildman–Crippen MR) is 79.8 cm³/mol. The van der Waals surface area contributed by atoms with Gasteiger partial charge < -0.3 is 0 Å². The molecular weight excluding hydrogens is 294 g/mol. The SMILES string of the molecule is O=C1CSC(=Nc2cccc(F)c2)N1c1cccc(F)c1. The summed E-state index contributed by atoms with van der Waals surface area (Å²) in [7, 11) is 0. The Kier molecular flexibility index (Phi) is 3.70. The van der Waals surface area contributed by atoms with E-state index in [0.29, 0.717) is 16.5 Å². The number of amides is 1. The highest BCUT2D eigenvalue weighted by atomic mass is 32.2. The number of hydrogen-bond donors (Lipinski definition) is 0. The van der Waals surface area contributed by atoms with Crippen molar-refractivity contribution in [3.05, 3.63) is 60.2 Å². The number of hydrogen-bond acceptors (Lipinski definition) is 3. The van der Waals surface area contributed by atoms with Gasteiger partial charge in [-0.15, -0.1) is 0 Å². The van der Waals surface area contributed by atoms with Gasteiger partial charge in [0.25, 0.3) is 0 Å². The Morgan fingerprint density at radius 1 is 1.05 bits per heavy atom. The molecule has 106 valence electrons. The molecule has 0 saturated carbocycles. The van der Waals surface area contributed by atoms with Gasteiger partial charge in [-0.3, -0.25) is 9.69 Å². The first-order chi connectivity index (χ1) is 10.1. The van der Waals surface area contributed by atoms with E-state index in [4.69, 9.17) is 0 Å². The molecule has 0 bridgehead atoms. The number of carbonyl (C=O) groups excluding carboxylic acids is 1. The third-order valence-electron chi connectivity index (χ3n) is 2.86. The molecule has 1 fully saturated rings. The normalized spacial score (nSPS) is 16.8. The molecular formula is C15H10F2N2OS. The number of rotatable bonds is 2. The van der Waals surface area contributed by atoms with Crippen LogP contribution in [-0.4, -0.2) is 16.8 Å². The van der Waals surface area contributed by atoms with E-state index < -0.39 is 11.6 Å². The Labute approximate surface area is 124 Å². The Bertz CT molecular complexity index is 733. The van der Waals surface area contributed by atoms with Gasteiger partial charge in [-0.05, 0) is 36.4 Å². The van der Waals surface area contributed by atoms with Gasteiger partial charge in [-0.2, -0.15) is 0 Å². The number of aliphatic imine (C=N–C) groups is 1. The van der Waals surface area contributed by atoms with Crippen molar-refractivity contribution in [3.63, 3.8) is 0 Å². The second kappa shape index (κ2) is 5.65. The van der Waals surface area contributed by atoms with E-state index in [-0.39, 0.29) is 11.7 Å². The highest BCUT2D eigenvalue weighted by Crippen LogP contribution is 2.29. The quantitative estimate of drug-likeness (QED) is 0.847. The summed E-state index contributed by atoms with van der Waals surface area (Å²) < 4.78 is 26.5. The van der Waals surface area contributed by atoms with Crippen LogP contribution in [-0.2, 0) is 4.79 Å². The van der Waals surface area contributed by atoms with Crippen LogP contribution in [0.15, 0.2) is 53.5 Å². The maximum Gasteiger partial charge on any atom is 0.243 e. The first-order valence-electron chi connectivity index (χ1n) is 6.19. The highest BCUT2D eigenvalue weighted by Gasteiger charge is 2.29. The molecule has 2 aromatic rings. The van der Waals surface area contributed by atoms with Crippen LogP contribution in [0, 0.1) is 11.6 Å². The number of anilines is 1. The fraction of sp³-hybridized carbons (Fsp3) is 0.0667.